The van der Waals surface area contributed by atoms with Crippen LogP contribution in [0.3, 0.4) is 0 Å². The number of nitriles is 1. The Morgan fingerprint density at radius 2 is 1.90 bits per heavy atom. The SMILES string of the molecule is C[C@@H]1CC[C@@]2(OC1)O[C@H]1C[C@H]3[C@@H]4CC=C5C[C@@H](C#N)CC[C@]5(C)[C@H]4CC[C@]3(C)[C@H]1[C@@H]2C. The average Bonchev–Trinajstić information content (AvgIpc) is 3.20. The first-order valence-electron chi connectivity index (χ1n) is 13.2. The molecule has 6 rings (SSSR count). The van der Waals surface area contributed by atoms with Gasteiger partial charge in [-0.3, -0.25) is 0 Å². The van der Waals surface area contributed by atoms with Crippen molar-refractivity contribution in [3.8, 4) is 6.07 Å². The third kappa shape index (κ3) is 2.70. The van der Waals surface area contributed by atoms with Crippen LogP contribution in [-0.2, 0) is 9.47 Å². The Kier molecular flexibility index (Phi) is 4.57. The van der Waals surface area contributed by atoms with Crippen molar-refractivity contribution in [3.63, 3.8) is 0 Å². The first kappa shape index (κ1) is 20.7. The van der Waals surface area contributed by atoms with E-state index in [0.29, 0.717) is 34.7 Å². The van der Waals surface area contributed by atoms with Gasteiger partial charge in [0.25, 0.3) is 0 Å². The minimum absolute atomic E-state index is 0.249. The van der Waals surface area contributed by atoms with Crippen molar-refractivity contribution in [3.05, 3.63) is 11.6 Å². The molecule has 2 aliphatic heterocycles. The molecule has 0 unspecified atom stereocenters. The highest BCUT2D eigenvalue weighted by molar-refractivity contribution is 5.27. The Morgan fingerprint density at radius 3 is 2.65 bits per heavy atom. The average molecular weight is 424 g/mol. The van der Waals surface area contributed by atoms with Crippen LogP contribution in [0.2, 0.25) is 0 Å². The zero-order valence-corrected chi connectivity index (χ0v) is 20.0. The molecule has 0 aromatic carbocycles. The summed E-state index contributed by atoms with van der Waals surface area (Å²) in [6, 6.07) is 2.56. The number of allylic oxidation sites excluding steroid dienone is 2. The quantitative estimate of drug-likeness (QED) is 0.418. The molecule has 0 radical (unpaired) electrons. The van der Waals surface area contributed by atoms with Crippen LogP contribution in [0, 0.1) is 63.6 Å². The number of rotatable bonds is 0. The van der Waals surface area contributed by atoms with E-state index < -0.39 is 0 Å². The highest BCUT2D eigenvalue weighted by atomic mass is 16.7. The number of nitrogens with zero attached hydrogens (tertiary/aromatic N) is 1. The summed E-state index contributed by atoms with van der Waals surface area (Å²) in [6.45, 7) is 10.8. The van der Waals surface area contributed by atoms with Crippen molar-refractivity contribution in [1.82, 2.24) is 0 Å². The number of ether oxygens (including phenoxy) is 2. The predicted molar refractivity (Wildman–Crippen MR) is 121 cm³/mol. The van der Waals surface area contributed by atoms with Crippen molar-refractivity contribution in [2.75, 3.05) is 6.61 Å². The second-order valence-corrected chi connectivity index (χ2v) is 12.8. The van der Waals surface area contributed by atoms with E-state index in [0.717, 1.165) is 43.6 Å². The van der Waals surface area contributed by atoms with Gasteiger partial charge in [-0.05, 0) is 91.8 Å². The maximum Gasteiger partial charge on any atom is 0.171 e. The van der Waals surface area contributed by atoms with Crippen LogP contribution < -0.4 is 0 Å². The van der Waals surface area contributed by atoms with E-state index in [9.17, 15) is 5.26 Å². The normalized spacial score (nSPS) is 58.0. The number of hydrogen-bond acceptors (Lipinski definition) is 3. The van der Waals surface area contributed by atoms with E-state index >= 15 is 0 Å². The van der Waals surface area contributed by atoms with Gasteiger partial charge in [0.1, 0.15) is 0 Å². The molecular formula is C28H41NO2. The number of hydrogen-bond donors (Lipinski definition) is 0. The van der Waals surface area contributed by atoms with Crippen LogP contribution in [0.1, 0.15) is 85.5 Å². The molecule has 0 N–H and O–H groups in total. The summed E-state index contributed by atoms with van der Waals surface area (Å²) in [7, 11) is 0. The number of fused-ring (bicyclic) bond motifs is 7. The molecule has 0 aromatic rings. The first-order valence-corrected chi connectivity index (χ1v) is 13.2. The van der Waals surface area contributed by atoms with Crippen molar-refractivity contribution < 1.29 is 9.47 Å². The second kappa shape index (κ2) is 6.83. The van der Waals surface area contributed by atoms with Gasteiger partial charge in [0.15, 0.2) is 5.79 Å². The van der Waals surface area contributed by atoms with E-state index in [-0.39, 0.29) is 11.7 Å². The maximum absolute atomic E-state index is 9.49. The third-order valence-corrected chi connectivity index (χ3v) is 11.6. The van der Waals surface area contributed by atoms with Crippen LogP contribution in [-0.4, -0.2) is 18.5 Å². The molecule has 6 aliphatic rings. The summed E-state index contributed by atoms with van der Waals surface area (Å²) in [5.41, 5.74) is 2.36. The fourth-order valence-electron chi connectivity index (χ4n) is 9.79. The third-order valence-electron chi connectivity index (χ3n) is 11.6. The van der Waals surface area contributed by atoms with E-state index in [2.05, 4.69) is 39.8 Å². The fourth-order valence-corrected chi connectivity index (χ4v) is 9.79. The lowest BCUT2D eigenvalue weighted by Crippen LogP contribution is -2.52. The Morgan fingerprint density at radius 1 is 1.06 bits per heavy atom. The van der Waals surface area contributed by atoms with Gasteiger partial charge in [-0.2, -0.15) is 5.26 Å². The molecule has 31 heavy (non-hydrogen) atoms. The Labute approximate surface area is 188 Å². The van der Waals surface area contributed by atoms with Crippen LogP contribution in [0.4, 0.5) is 0 Å². The summed E-state index contributed by atoms with van der Waals surface area (Å²) in [5.74, 6) is 4.17. The molecule has 4 aliphatic carbocycles. The van der Waals surface area contributed by atoms with E-state index in [1.165, 1.54) is 38.5 Å². The molecule has 1 spiro atoms. The zero-order chi connectivity index (χ0) is 21.6. The Bertz CT molecular complexity index is 819. The highest BCUT2D eigenvalue weighted by Gasteiger charge is 2.68. The van der Waals surface area contributed by atoms with Gasteiger partial charge in [-0.1, -0.05) is 39.3 Å². The van der Waals surface area contributed by atoms with Crippen LogP contribution in [0.15, 0.2) is 11.6 Å². The molecular weight excluding hydrogens is 382 g/mol. The molecule has 5 fully saturated rings. The summed E-state index contributed by atoms with van der Waals surface area (Å²) in [6.07, 6.45) is 13.8. The van der Waals surface area contributed by atoms with Gasteiger partial charge in [-0.25, -0.2) is 0 Å². The molecule has 11 atom stereocenters. The first-order chi connectivity index (χ1) is 14.8. The van der Waals surface area contributed by atoms with Crippen LogP contribution in [0.5, 0.6) is 0 Å². The van der Waals surface area contributed by atoms with E-state index in [4.69, 9.17) is 9.47 Å². The maximum atomic E-state index is 9.49. The van der Waals surface area contributed by atoms with Gasteiger partial charge in [-0.15, -0.1) is 0 Å². The summed E-state index contributed by atoms with van der Waals surface area (Å²) in [5, 5.41) is 9.49. The Hall–Kier alpha value is -0.850. The summed E-state index contributed by atoms with van der Waals surface area (Å²) >= 11 is 0. The highest BCUT2D eigenvalue weighted by Crippen LogP contribution is 2.70. The van der Waals surface area contributed by atoms with Gasteiger partial charge in [0, 0.05) is 12.3 Å². The summed E-state index contributed by atoms with van der Waals surface area (Å²) in [4.78, 5) is 0. The molecule has 2 saturated heterocycles. The van der Waals surface area contributed by atoms with Gasteiger partial charge in [0.2, 0.25) is 0 Å². The van der Waals surface area contributed by atoms with E-state index in [1.807, 2.05) is 0 Å². The minimum Gasteiger partial charge on any atom is -0.349 e. The van der Waals surface area contributed by atoms with Crippen LogP contribution in [0.25, 0.3) is 0 Å². The second-order valence-electron chi connectivity index (χ2n) is 12.8. The standard InChI is InChI=1S/C28H41NO2/c1-17-7-12-28(30-16-17)18(2)25-24(31-28)14-23-21-6-5-20-13-19(15-29)8-10-26(20,3)22(21)9-11-27(23,25)4/h5,17-19,21-25H,6-14,16H2,1-4H3/t17-,18+,19+,21-,22+,23+,24+,25+,26+,27+,28-/m1/s1. The predicted octanol–water partition coefficient (Wildman–Crippen LogP) is 6.49. The van der Waals surface area contributed by atoms with Crippen molar-refractivity contribution in [2.45, 2.75) is 97.4 Å². The monoisotopic (exact) mass is 423 g/mol. The van der Waals surface area contributed by atoms with Gasteiger partial charge in [0.05, 0.1) is 24.7 Å². The molecule has 0 aromatic heterocycles. The molecule has 3 nitrogen and oxygen atoms in total. The Balaban J connectivity index is 1.27. The van der Waals surface area contributed by atoms with Crippen molar-refractivity contribution in [1.29, 1.82) is 5.26 Å². The van der Waals surface area contributed by atoms with Gasteiger partial charge < -0.3 is 9.47 Å². The molecule has 3 saturated carbocycles. The topological polar surface area (TPSA) is 42.2 Å². The zero-order valence-electron chi connectivity index (χ0n) is 20.0. The molecule has 170 valence electrons. The van der Waals surface area contributed by atoms with E-state index in [1.54, 1.807) is 5.57 Å². The van der Waals surface area contributed by atoms with Crippen molar-refractivity contribution >= 4 is 0 Å². The van der Waals surface area contributed by atoms with Gasteiger partial charge >= 0.3 is 0 Å². The lowest BCUT2D eigenvalue weighted by molar-refractivity contribution is -0.272. The van der Waals surface area contributed by atoms with Crippen molar-refractivity contribution in [2.24, 2.45) is 52.3 Å². The minimum atomic E-state index is -0.298. The molecule has 3 heteroatoms. The fraction of sp³-hybridized carbons (Fsp3) is 0.893. The molecule has 2 heterocycles. The van der Waals surface area contributed by atoms with Crippen LogP contribution >= 0.6 is 0 Å². The lowest BCUT2D eigenvalue weighted by atomic mass is 9.46. The molecule has 0 amide bonds. The lowest BCUT2D eigenvalue weighted by Gasteiger charge is -2.58. The smallest absolute Gasteiger partial charge is 0.171 e. The summed E-state index contributed by atoms with van der Waals surface area (Å²) < 4.78 is 13.4. The molecule has 0 bridgehead atoms. The largest absolute Gasteiger partial charge is 0.349 e.